The summed E-state index contributed by atoms with van der Waals surface area (Å²) in [5, 5.41) is 2.70. The lowest BCUT2D eigenvalue weighted by Gasteiger charge is -2.19. The number of rotatable bonds is 8. The summed E-state index contributed by atoms with van der Waals surface area (Å²) in [5.74, 6) is 0.184. The number of para-hydroxylation sites is 1. The smallest absolute Gasteiger partial charge is 0.328 e. The van der Waals surface area contributed by atoms with Crippen molar-refractivity contribution in [2.75, 3.05) is 13.7 Å². The molecule has 116 valence electrons. The van der Waals surface area contributed by atoms with Crippen LogP contribution in [0.15, 0.2) is 30.3 Å². The van der Waals surface area contributed by atoms with Gasteiger partial charge in [0.2, 0.25) is 5.91 Å². The predicted octanol–water partition coefficient (Wildman–Crippen LogP) is 2.16. The monoisotopic (exact) mass is 293 g/mol. The molecule has 1 aromatic carbocycles. The van der Waals surface area contributed by atoms with Gasteiger partial charge in [0.05, 0.1) is 13.7 Å². The zero-order valence-corrected chi connectivity index (χ0v) is 12.8. The van der Waals surface area contributed by atoms with E-state index in [1.807, 2.05) is 44.2 Å². The number of hydrogen-bond acceptors (Lipinski definition) is 4. The number of benzene rings is 1. The molecule has 0 spiro atoms. The molecular formula is C16H23NO4. The van der Waals surface area contributed by atoms with E-state index >= 15 is 0 Å². The highest BCUT2D eigenvalue weighted by Crippen LogP contribution is 2.09. The maximum atomic E-state index is 11.8. The van der Waals surface area contributed by atoms with Crippen LogP contribution < -0.4 is 10.1 Å². The molecule has 0 bridgehead atoms. The van der Waals surface area contributed by atoms with Gasteiger partial charge in [0.1, 0.15) is 11.8 Å². The molecule has 5 nitrogen and oxygen atoms in total. The quantitative estimate of drug-likeness (QED) is 0.589. The molecular weight excluding hydrogens is 270 g/mol. The molecule has 1 atom stereocenters. The van der Waals surface area contributed by atoms with Crippen LogP contribution in [0.5, 0.6) is 5.75 Å². The lowest BCUT2D eigenvalue weighted by atomic mass is 10.0. The molecule has 0 aromatic heterocycles. The predicted molar refractivity (Wildman–Crippen MR) is 80.0 cm³/mol. The van der Waals surface area contributed by atoms with Crippen LogP contribution in [0.1, 0.15) is 26.7 Å². The number of nitrogens with one attached hydrogen (secondary N) is 1. The average molecular weight is 293 g/mol. The fourth-order valence-corrected chi connectivity index (χ4v) is 1.81. The lowest BCUT2D eigenvalue weighted by Crippen LogP contribution is -2.45. The molecule has 0 aliphatic rings. The summed E-state index contributed by atoms with van der Waals surface area (Å²) < 4.78 is 10.2. The van der Waals surface area contributed by atoms with Crippen molar-refractivity contribution in [3.63, 3.8) is 0 Å². The van der Waals surface area contributed by atoms with Gasteiger partial charge in [0, 0.05) is 6.42 Å². The zero-order chi connectivity index (χ0) is 15.7. The molecule has 1 N–H and O–H groups in total. The zero-order valence-electron chi connectivity index (χ0n) is 12.8. The normalized spacial score (nSPS) is 11.8. The number of hydrogen-bond donors (Lipinski definition) is 1. The molecule has 1 rings (SSSR count). The Labute approximate surface area is 125 Å². The number of carbonyl (C=O) groups excluding carboxylic acids is 2. The van der Waals surface area contributed by atoms with Gasteiger partial charge in [-0.15, -0.1) is 0 Å². The summed E-state index contributed by atoms with van der Waals surface area (Å²) in [7, 11) is 1.32. The van der Waals surface area contributed by atoms with Crippen LogP contribution >= 0.6 is 0 Å². The summed E-state index contributed by atoms with van der Waals surface area (Å²) in [5.41, 5.74) is 0. The first kappa shape index (κ1) is 17.0. The Kier molecular flexibility index (Phi) is 7.29. The highest BCUT2D eigenvalue weighted by molar-refractivity contribution is 5.84. The number of amides is 1. The van der Waals surface area contributed by atoms with Crippen molar-refractivity contribution in [3.8, 4) is 5.75 Å². The van der Waals surface area contributed by atoms with Gasteiger partial charge >= 0.3 is 5.97 Å². The van der Waals surface area contributed by atoms with Gasteiger partial charge in [-0.25, -0.2) is 4.79 Å². The van der Waals surface area contributed by atoms with E-state index < -0.39 is 12.0 Å². The van der Waals surface area contributed by atoms with Crippen LogP contribution in [-0.4, -0.2) is 31.6 Å². The Morgan fingerprint density at radius 1 is 1.19 bits per heavy atom. The Bertz CT molecular complexity index is 445. The molecule has 0 heterocycles. The maximum Gasteiger partial charge on any atom is 0.328 e. The minimum absolute atomic E-state index is 0.0121. The van der Waals surface area contributed by atoms with Crippen molar-refractivity contribution < 1.29 is 19.1 Å². The van der Waals surface area contributed by atoms with E-state index in [4.69, 9.17) is 4.74 Å². The Morgan fingerprint density at radius 3 is 2.43 bits per heavy atom. The molecule has 1 unspecified atom stereocenters. The second kappa shape index (κ2) is 9.00. The van der Waals surface area contributed by atoms with E-state index in [2.05, 4.69) is 10.1 Å². The minimum atomic E-state index is -0.599. The molecule has 5 heteroatoms. The number of carbonyl (C=O) groups is 2. The fraction of sp³-hybridized carbons (Fsp3) is 0.500. The molecule has 0 radical (unpaired) electrons. The van der Waals surface area contributed by atoms with Gasteiger partial charge < -0.3 is 14.8 Å². The topological polar surface area (TPSA) is 64.6 Å². The Hall–Kier alpha value is -2.04. The Morgan fingerprint density at radius 2 is 1.86 bits per heavy atom. The fourth-order valence-electron chi connectivity index (χ4n) is 1.81. The van der Waals surface area contributed by atoms with Crippen LogP contribution in [0.4, 0.5) is 0 Å². The van der Waals surface area contributed by atoms with Gasteiger partial charge in [0.15, 0.2) is 0 Å². The molecule has 0 fully saturated rings. The largest absolute Gasteiger partial charge is 0.494 e. The standard InChI is InChI=1S/C16H23NO4/c1-12(2)15(16(19)20-3)17-14(18)10-7-11-21-13-8-5-4-6-9-13/h4-6,8-9,12,15H,7,10-11H2,1-3H3,(H,17,18). The molecule has 1 amide bonds. The third-order valence-electron chi connectivity index (χ3n) is 3.00. The van der Waals surface area contributed by atoms with Crippen LogP contribution in [0.25, 0.3) is 0 Å². The van der Waals surface area contributed by atoms with Crippen molar-refractivity contribution in [3.05, 3.63) is 30.3 Å². The number of methoxy groups -OCH3 is 1. The third-order valence-corrected chi connectivity index (χ3v) is 3.00. The molecule has 0 aliphatic heterocycles. The first-order chi connectivity index (χ1) is 10.0. The number of ether oxygens (including phenoxy) is 2. The maximum absolute atomic E-state index is 11.8. The first-order valence-corrected chi connectivity index (χ1v) is 7.09. The van der Waals surface area contributed by atoms with Gasteiger partial charge in [-0.3, -0.25) is 4.79 Å². The second-order valence-corrected chi connectivity index (χ2v) is 5.08. The summed E-state index contributed by atoms with van der Waals surface area (Å²) in [6.07, 6.45) is 0.903. The van der Waals surface area contributed by atoms with E-state index in [0.717, 1.165) is 5.75 Å². The second-order valence-electron chi connectivity index (χ2n) is 5.08. The van der Waals surface area contributed by atoms with Crippen molar-refractivity contribution in [1.82, 2.24) is 5.32 Å². The van der Waals surface area contributed by atoms with Crippen LogP contribution in [0, 0.1) is 5.92 Å². The first-order valence-electron chi connectivity index (χ1n) is 7.09. The van der Waals surface area contributed by atoms with Crippen LogP contribution in [-0.2, 0) is 14.3 Å². The van der Waals surface area contributed by atoms with E-state index in [1.165, 1.54) is 7.11 Å². The van der Waals surface area contributed by atoms with E-state index in [1.54, 1.807) is 0 Å². The third kappa shape index (κ3) is 6.29. The number of esters is 1. The average Bonchev–Trinajstić information content (AvgIpc) is 2.49. The van der Waals surface area contributed by atoms with E-state index in [-0.39, 0.29) is 11.8 Å². The highest BCUT2D eigenvalue weighted by Gasteiger charge is 2.24. The molecule has 0 saturated carbocycles. The molecule has 1 aromatic rings. The van der Waals surface area contributed by atoms with Gasteiger partial charge in [-0.05, 0) is 24.5 Å². The van der Waals surface area contributed by atoms with Crippen LogP contribution in [0.2, 0.25) is 0 Å². The van der Waals surface area contributed by atoms with Crippen molar-refractivity contribution in [2.45, 2.75) is 32.7 Å². The van der Waals surface area contributed by atoms with Crippen molar-refractivity contribution in [2.24, 2.45) is 5.92 Å². The van der Waals surface area contributed by atoms with Crippen molar-refractivity contribution in [1.29, 1.82) is 0 Å². The van der Waals surface area contributed by atoms with Gasteiger partial charge in [-0.2, -0.15) is 0 Å². The molecule has 0 aliphatic carbocycles. The Balaban J connectivity index is 2.28. The van der Waals surface area contributed by atoms with Crippen molar-refractivity contribution >= 4 is 11.9 Å². The summed E-state index contributed by atoms with van der Waals surface area (Å²) in [4.78, 5) is 23.4. The van der Waals surface area contributed by atoms with E-state index in [9.17, 15) is 9.59 Å². The lowest BCUT2D eigenvalue weighted by molar-refractivity contribution is -0.146. The SMILES string of the molecule is COC(=O)C(NC(=O)CCCOc1ccccc1)C(C)C. The summed E-state index contributed by atoms with van der Waals surface area (Å²) in [6.45, 7) is 4.18. The molecule has 21 heavy (non-hydrogen) atoms. The summed E-state index contributed by atoms with van der Waals surface area (Å²) in [6, 6.07) is 8.84. The minimum Gasteiger partial charge on any atom is -0.494 e. The molecule has 0 saturated heterocycles. The van der Waals surface area contributed by atoms with Crippen LogP contribution in [0.3, 0.4) is 0 Å². The van der Waals surface area contributed by atoms with E-state index in [0.29, 0.717) is 19.4 Å². The van der Waals surface area contributed by atoms with Gasteiger partial charge in [-0.1, -0.05) is 32.0 Å². The highest BCUT2D eigenvalue weighted by atomic mass is 16.5. The summed E-state index contributed by atoms with van der Waals surface area (Å²) >= 11 is 0. The van der Waals surface area contributed by atoms with Gasteiger partial charge in [0.25, 0.3) is 0 Å².